The molecule has 0 unspecified atom stereocenters. The van der Waals surface area contributed by atoms with Crippen molar-refractivity contribution in [2.24, 2.45) is 0 Å². The molecule has 26 heavy (non-hydrogen) atoms. The zero-order valence-electron chi connectivity index (χ0n) is 15.6. The first-order valence-electron chi connectivity index (χ1n) is 8.58. The van der Waals surface area contributed by atoms with Crippen molar-refractivity contribution in [2.75, 3.05) is 20.8 Å². The number of esters is 1. The summed E-state index contributed by atoms with van der Waals surface area (Å²) in [4.78, 5) is 24.3. The van der Waals surface area contributed by atoms with Gasteiger partial charge in [0.05, 0.1) is 20.3 Å². The van der Waals surface area contributed by atoms with Crippen molar-refractivity contribution in [3.8, 4) is 11.5 Å². The number of carbonyl (C=O) groups excluding carboxylic acids is 2. The maximum Gasteiger partial charge on any atom is 0.305 e. The van der Waals surface area contributed by atoms with E-state index < -0.39 is 0 Å². The van der Waals surface area contributed by atoms with E-state index in [1.807, 2.05) is 32.0 Å². The number of ether oxygens (including phenoxy) is 3. The number of hydrogen-bond donors (Lipinski definition) is 1. The fourth-order valence-electron chi connectivity index (χ4n) is 2.46. The first kappa shape index (κ1) is 20.0. The second kappa shape index (κ2) is 9.43. The van der Waals surface area contributed by atoms with Crippen LogP contribution in [0.25, 0.3) is 10.1 Å². The standard InChI is InChI=1S/C19H25NO5S/c1-12(2)25-17-14-11-13(23-3)8-9-15(14)26-18(17)19(22)20-10-6-5-7-16(21)24-4/h8-9,11-12H,5-7,10H2,1-4H3,(H,20,22). The number of nitrogens with one attached hydrogen (secondary N) is 1. The summed E-state index contributed by atoms with van der Waals surface area (Å²) >= 11 is 1.40. The third kappa shape index (κ3) is 5.11. The summed E-state index contributed by atoms with van der Waals surface area (Å²) in [6.45, 7) is 4.35. The molecule has 0 radical (unpaired) electrons. The van der Waals surface area contributed by atoms with E-state index in [9.17, 15) is 9.59 Å². The molecule has 2 aromatic rings. The molecule has 1 heterocycles. The van der Waals surface area contributed by atoms with E-state index in [1.165, 1.54) is 18.4 Å². The minimum Gasteiger partial charge on any atom is -0.497 e. The van der Waals surface area contributed by atoms with Crippen molar-refractivity contribution < 1.29 is 23.8 Å². The Morgan fingerprint density at radius 2 is 1.96 bits per heavy atom. The smallest absolute Gasteiger partial charge is 0.305 e. The first-order valence-corrected chi connectivity index (χ1v) is 9.40. The number of hydrogen-bond acceptors (Lipinski definition) is 6. The monoisotopic (exact) mass is 379 g/mol. The van der Waals surface area contributed by atoms with Crippen LogP contribution in [0.1, 0.15) is 42.8 Å². The second-order valence-electron chi connectivity index (χ2n) is 6.08. The molecule has 6 nitrogen and oxygen atoms in total. The summed E-state index contributed by atoms with van der Waals surface area (Å²) in [5.41, 5.74) is 0. The third-order valence-electron chi connectivity index (χ3n) is 3.73. The molecule has 0 aliphatic heterocycles. The minimum absolute atomic E-state index is 0.0504. The number of methoxy groups -OCH3 is 2. The van der Waals surface area contributed by atoms with Crippen molar-refractivity contribution in [1.29, 1.82) is 0 Å². The highest BCUT2D eigenvalue weighted by Gasteiger charge is 2.21. The molecule has 0 fully saturated rings. The number of rotatable bonds is 9. The highest BCUT2D eigenvalue weighted by molar-refractivity contribution is 7.21. The summed E-state index contributed by atoms with van der Waals surface area (Å²) in [7, 11) is 2.98. The van der Waals surface area contributed by atoms with E-state index in [2.05, 4.69) is 10.1 Å². The number of unbranched alkanes of at least 4 members (excludes halogenated alkanes) is 1. The van der Waals surface area contributed by atoms with E-state index in [4.69, 9.17) is 9.47 Å². The summed E-state index contributed by atoms with van der Waals surface area (Å²) < 4.78 is 16.8. The number of amides is 1. The van der Waals surface area contributed by atoms with Crippen molar-refractivity contribution in [1.82, 2.24) is 5.32 Å². The Kier molecular flexibility index (Phi) is 7.26. The van der Waals surface area contributed by atoms with Crippen LogP contribution in [0.4, 0.5) is 0 Å². The number of benzene rings is 1. The van der Waals surface area contributed by atoms with Gasteiger partial charge in [0.15, 0.2) is 5.75 Å². The average Bonchev–Trinajstić information content (AvgIpc) is 2.98. The van der Waals surface area contributed by atoms with Gasteiger partial charge in [0.25, 0.3) is 5.91 Å². The topological polar surface area (TPSA) is 73.9 Å². The lowest BCUT2D eigenvalue weighted by Gasteiger charge is -2.12. The van der Waals surface area contributed by atoms with Crippen LogP contribution >= 0.6 is 11.3 Å². The van der Waals surface area contributed by atoms with Gasteiger partial charge in [-0.2, -0.15) is 0 Å². The van der Waals surface area contributed by atoms with Crippen LogP contribution < -0.4 is 14.8 Å². The van der Waals surface area contributed by atoms with E-state index >= 15 is 0 Å². The Labute approximate surface area is 157 Å². The Morgan fingerprint density at radius 1 is 1.19 bits per heavy atom. The van der Waals surface area contributed by atoms with Crippen molar-refractivity contribution in [3.05, 3.63) is 23.1 Å². The lowest BCUT2D eigenvalue weighted by atomic mass is 10.2. The molecule has 1 aromatic heterocycles. The molecule has 1 N–H and O–H groups in total. The number of thiophene rings is 1. The molecule has 0 saturated carbocycles. The predicted octanol–water partition coefficient (Wildman–Crippen LogP) is 3.77. The van der Waals surface area contributed by atoms with Gasteiger partial charge in [-0.25, -0.2) is 0 Å². The van der Waals surface area contributed by atoms with Crippen LogP contribution in [0.15, 0.2) is 18.2 Å². The van der Waals surface area contributed by atoms with E-state index in [0.29, 0.717) is 36.4 Å². The summed E-state index contributed by atoms with van der Waals surface area (Å²) in [5, 5.41) is 3.78. The van der Waals surface area contributed by atoms with E-state index in [0.717, 1.165) is 15.8 Å². The second-order valence-corrected chi connectivity index (χ2v) is 7.13. The zero-order valence-corrected chi connectivity index (χ0v) is 16.4. The van der Waals surface area contributed by atoms with Gasteiger partial charge >= 0.3 is 5.97 Å². The molecule has 1 aromatic carbocycles. The molecule has 0 atom stereocenters. The Hall–Kier alpha value is -2.28. The summed E-state index contributed by atoms with van der Waals surface area (Å²) in [5.74, 6) is 0.908. The third-order valence-corrected chi connectivity index (χ3v) is 4.88. The van der Waals surface area contributed by atoms with Gasteiger partial charge < -0.3 is 19.5 Å². The highest BCUT2D eigenvalue weighted by atomic mass is 32.1. The molecular weight excluding hydrogens is 354 g/mol. The summed E-state index contributed by atoms with van der Waals surface area (Å²) in [6.07, 6.45) is 1.69. The largest absolute Gasteiger partial charge is 0.497 e. The van der Waals surface area contributed by atoms with Gasteiger partial charge in [0.2, 0.25) is 0 Å². The maximum absolute atomic E-state index is 12.6. The molecule has 0 spiro atoms. The van der Waals surface area contributed by atoms with Crippen LogP contribution in [-0.4, -0.2) is 38.7 Å². The van der Waals surface area contributed by atoms with Gasteiger partial charge in [-0.3, -0.25) is 9.59 Å². The van der Waals surface area contributed by atoms with Gasteiger partial charge in [-0.15, -0.1) is 11.3 Å². The van der Waals surface area contributed by atoms with Crippen LogP contribution in [0.3, 0.4) is 0 Å². The van der Waals surface area contributed by atoms with Gasteiger partial charge in [0, 0.05) is 23.1 Å². The van der Waals surface area contributed by atoms with Crippen molar-refractivity contribution >= 4 is 33.3 Å². The molecule has 0 bridgehead atoms. The fraction of sp³-hybridized carbons (Fsp3) is 0.474. The molecule has 0 aliphatic carbocycles. The van der Waals surface area contributed by atoms with Crippen LogP contribution in [0.2, 0.25) is 0 Å². The quantitative estimate of drug-likeness (QED) is 0.530. The Balaban J connectivity index is 2.11. The van der Waals surface area contributed by atoms with Crippen LogP contribution in [0, 0.1) is 0 Å². The van der Waals surface area contributed by atoms with Gasteiger partial charge in [-0.05, 0) is 44.9 Å². The average molecular weight is 379 g/mol. The highest BCUT2D eigenvalue weighted by Crippen LogP contribution is 2.40. The normalized spacial score (nSPS) is 10.8. The van der Waals surface area contributed by atoms with Crippen molar-refractivity contribution in [2.45, 2.75) is 39.2 Å². The van der Waals surface area contributed by atoms with Gasteiger partial charge in [-0.1, -0.05) is 0 Å². The fourth-order valence-corrected chi connectivity index (χ4v) is 3.50. The zero-order chi connectivity index (χ0) is 19.1. The molecule has 1 amide bonds. The summed E-state index contributed by atoms with van der Waals surface area (Å²) in [6, 6.07) is 5.68. The van der Waals surface area contributed by atoms with Gasteiger partial charge in [0.1, 0.15) is 10.6 Å². The maximum atomic E-state index is 12.6. The van der Waals surface area contributed by atoms with E-state index in [-0.39, 0.29) is 18.0 Å². The lowest BCUT2D eigenvalue weighted by Crippen LogP contribution is -2.24. The van der Waals surface area contributed by atoms with Crippen LogP contribution in [0.5, 0.6) is 11.5 Å². The number of fused-ring (bicyclic) bond motifs is 1. The van der Waals surface area contributed by atoms with E-state index in [1.54, 1.807) is 7.11 Å². The number of carbonyl (C=O) groups is 2. The lowest BCUT2D eigenvalue weighted by molar-refractivity contribution is -0.140. The molecular formula is C19H25NO5S. The SMILES string of the molecule is COC(=O)CCCCNC(=O)c1sc2ccc(OC)cc2c1OC(C)C. The predicted molar refractivity (Wildman–Crippen MR) is 102 cm³/mol. The van der Waals surface area contributed by atoms with Crippen molar-refractivity contribution in [3.63, 3.8) is 0 Å². The molecule has 0 saturated heterocycles. The molecule has 0 aliphatic rings. The van der Waals surface area contributed by atoms with Crippen LogP contribution in [-0.2, 0) is 9.53 Å². The minimum atomic E-state index is -0.234. The Bertz CT molecular complexity index is 769. The first-order chi connectivity index (χ1) is 12.5. The Morgan fingerprint density at radius 3 is 2.62 bits per heavy atom. The molecule has 7 heteroatoms. The molecule has 2 rings (SSSR count). The molecule has 142 valence electrons.